The van der Waals surface area contributed by atoms with Crippen molar-refractivity contribution < 1.29 is 8.42 Å². The molecule has 2 heterocycles. The highest BCUT2D eigenvalue weighted by Crippen LogP contribution is 2.25. The van der Waals surface area contributed by atoms with Gasteiger partial charge in [0.1, 0.15) is 0 Å². The van der Waals surface area contributed by atoms with Crippen molar-refractivity contribution in [3.8, 4) is 0 Å². The van der Waals surface area contributed by atoms with E-state index in [1.807, 2.05) is 18.2 Å². The summed E-state index contributed by atoms with van der Waals surface area (Å²) >= 11 is 0. The van der Waals surface area contributed by atoms with Gasteiger partial charge in [0.25, 0.3) is 10.0 Å². The molecule has 0 spiro atoms. The van der Waals surface area contributed by atoms with Crippen LogP contribution < -0.4 is 4.72 Å². The zero-order chi connectivity index (χ0) is 15.9. The fourth-order valence-electron chi connectivity index (χ4n) is 3.08. The minimum absolute atomic E-state index is 0.325. The average Bonchev–Trinajstić information content (AvgIpc) is 3.01. The largest absolute Gasteiger partial charge is 0.279 e. The summed E-state index contributed by atoms with van der Waals surface area (Å²) in [7, 11) is -3.58. The highest BCUT2D eigenvalue weighted by Gasteiger charge is 2.18. The zero-order valence-corrected chi connectivity index (χ0v) is 13.4. The van der Waals surface area contributed by atoms with Crippen LogP contribution in [-0.4, -0.2) is 18.0 Å². The molecule has 2 aromatic heterocycles. The third kappa shape index (κ3) is 2.70. The molecule has 118 valence electrons. The zero-order valence-electron chi connectivity index (χ0n) is 12.6. The second kappa shape index (κ2) is 5.38. The van der Waals surface area contributed by atoms with Gasteiger partial charge in [-0.25, -0.2) is 12.9 Å². The summed E-state index contributed by atoms with van der Waals surface area (Å²) in [5, 5.41) is 4.10. The van der Waals surface area contributed by atoms with E-state index in [2.05, 4.69) is 9.82 Å². The molecule has 4 rings (SSSR count). The Morgan fingerprint density at radius 3 is 2.70 bits per heavy atom. The van der Waals surface area contributed by atoms with E-state index in [1.165, 1.54) is 12.0 Å². The summed E-state index contributed by atoms with van der Waals surface area (Å²) in [6, 6.07) is 10.8. The summed E-state index contributed by atoms with van der Waals surface area (Å²) < 4.78 is 29.6. The number of aromatic nitrogens is 2. The number of rotatable bonds is 3. The third-order valence-corrected chi connectivity index (χ3v) is 5.66. The SMILES string of the molecule is O=S(=O)(Nc1ccn2nccc2c1)c1ccc2c(c1)CCCC2. The molecule has 0 fully saturated rings. The predicted octanol–water partition coefficient (Wildman–Crippen LogP) is 3.01. The Balaban J connectivity index is 1.66. The van der Waals surface area contributed by atoms with Crippen molar-refractivity contribution in [1.29, 1.82) is 0 Å². The first-order chi connectivity index (χ1) is 11.1. The van der Waals surface area contributed by atoms with E-state index in [-0.39, 0.29) is 0 Å². The number of sulfonamides is 1. The topological polar surface area (TPSA) is 63.5 Å². The number of aryl methyl sites for hydroxylation is 2. The smallest absolute Gasteiger partial charge is 0.261 e. The van der Waals surface area contributed by atoms with Gasteiger partial charge in [0.2, 0.25) is 0 Å². The maximum Gasteiger partial charge on any atom is 0.261 e. The molecule has 1 N–H and O–H groups in total. The molecular weight excluding hydrogens is 310 g/mol. The molecule has 0 saturated heterocycles. The summed E-state index contributed by atoms with van der Waals surface area (Å²) in [6.07, 6.45) is 7.73. The van der Waals surface area contributed by atoms with Crippen molar-refractivity contribution >= 4 is 21.2 Å². The van der Waals surface area contributed by atoms with Gasteiger partial charge in [-0.15, -0.1) is 0 Å². The molecule has 0 amide bonds. The van der Waals surface area contributed by atoms with Gasteiger partial charge >= 0.3 is 0 Å². The Kier molecular flexibility index (Phi) is 3.34. The first kappa shape index (κ1) is 14.3. The number of nitrogens with one attached hydrogen (secondary N) is 1. The molecule has 0 aliphatic heterocycles. The maximum atomic E-state index is 12.6. The van der Waals surface area contributed by atoms with Gasteiger partial charge in [-0.05, 0) is 67.1 Å². The van der Waals surface area contributed by atoms with Crippen LogP contribution in [0.2, 0.25) is 0 Å². The van der Waals surface area contributed by atoms with E-state index in [0.29, 0.717) is 10.6 Å². The molecule has 0 saturated carbocycles. The summed E-state index contributed by atoms with van der Waals surface area (Å²) in [4.78, 5) is 0.325. The lowest BCUT2D eigenvalue weighted by Crippen LogP contribution is -2.14. The van der Waals surface area contributed by atoms with E-state index in [1.54, 1.807) is 35.1 Å². The summed E-state index contributed by atoms with van der Waals surface area (Å²) in [5.41, 5.74) is 3.81. The van der Waals surface area contributed by atoms with Crippen LogP contribution in [0.1, 0.15) is 24.0 Å². The first-order valence-corrected chi connectivity index (χ1v) is 9.18. The van der Waals surface area contributed by atoms with Crippen molar-refractivity contribution in [3.05, 3.63) is 59.9 Å². The Labute approximate surface area is 135 Å². The molecule has 3 aromatic rings. The molecular formula is C17H17N3O2S. The molecule has 1 aromatic carbocycles. The Morgan fingerprint density at radius 1 is 1.00 bits per heavy atom. The van der Waals surface area contributed by atoms with E-state index < -0.39 is 10.0 Å². The van der Waals surface area contributed by atoms with E-state index in [0.717, 1.165) is 30.3 Å². The first-order valence-electron chi connectivity index (χ1n) is 7.70. The predicted molar refractivity (Wildman–Crippen MR) is 89.1 cm³/mol. The molecule has 0 unspecified atom stereocenters. The van der Waals surface area contributed by atoms with Crippen LogP contribution in [0.5, 0.6) is 0 Å². The minimum Gasteiger partial charge on any atom is -0.279 e. The van der Waals surface area contributed by atoms with E-state index >= 15 is 0 Å². The van der Waals surface area contributed by atoms with Crippen LogP contribution in [0.25, 0.3) is 5.52 Å². The van der Waals surface area contributed by atoms with Gasteiger partial charge in [0.15, 0.2) is 0 Å². The average molecular weight is 327 g/mol. The van der Waals surface area contributed by atoms with Crippen molar-refractivity contribution in [1.82, 2.24) is 9.61 Å². The third-order valence-electron chi connectivity index (χ3n) is 4.28. The number of anilines is 1. The fourth-order valence-corrected chi connectivity index (χ4v) is 4.18. The standard InChI is InChI=1S/C17H17N3O2S/c21-23(22,17-6-5-13-3-1-2-4-14(13)11-17)19-15-8-10-20-16(12-15)7-9-18-20/h5-12,19H,1-4H2. The second-order valence-electron chi connectivity index (χ2n) is 5.86. The minimum atomic E-state index is -3.58. The van der Waals surface area contributed by atoms with Crippen LogP contribution in [-0.2, 0) is 22.9 Å². The number of nitrogens with zero attached hydrogens (tertiary/aromatic N) is 2. The lowest BCUT2D eigenvalue weighted by Gasteiger charge is -2.17. The molecule has 0 radical (unpaired) electrons. The summed E-state index contributed by atoms with van der Waals surface area (Å²) in [5.74, 6) is 0. The molecule has 1 aliphatic rings. The van der Waals surface area contributed by atoms with Crippen LogP contribution in [0.4, 0.5) is 5.69 Å². The molecule has 6 heteroatoms. The Hall–Kier alpha value is -2.34. The lowest BCUT2D eigenvalue weighted by molar-refractivity contribution is 0.600. The van der Waals surface area contributed by atoms with Crippen molar-refractivity contribution in [2.24, 2.45) is 0 Å². The van der Waals surface area contributed by atoms with E-state index in [4.69, 9.17) is 0 Å². The van der Waals surface area contributed by atoms with Gasteiger partial charge in [-0.3, -0.25) is 4.72 Å². The van der Waals surface area contributed by atoms with Gasteiger partial charge in [-0.2, -0.15) is 5.10 Å². The number of hydrogen-bond donors (Lipinski definition) is 1. The Bertz CT molecular complexity index is 976. The van der Waals surface area contributed by atoms with Gasteiger partial charge in [0, 0.05) is 12.4 Å². The molecule has 0 atom stereocenters. The Morgan fingerprint density at radius 2 is 1.83 bits per heavy atom. The van der Waals surface area contributed by atoms with Crippen LogP contribution in [0.15, 0.2) is 53.7 Å². The number of benzene rings is 1. The number of hydrogen-bond acceptors (Lipinski definition) is 3. The quantitative estimate of drug-likeness (QED) is 0.804. The number of fused-ring (bicyclic) bond motifs is 2. The summed E-state index contributed by atoms with van der Waals surface area (Å²) in [6.45, 7) is 0. The number of pyridine rings is 1. The molecule has 1 aliphatic carbocycles. The van der Waals surface area contributed by atoms with Gasteiger partial charge < -0.3 is 0 Å². The molecule has 5 nitrogen and oxygen atoms in total. The van der Waals surface area contributed by atoms with Crippen molar-refractivity contribution in [2.75, 3.05) is 4.72 Å². The second-order valence-corrected chi connectivity index (χ2v) is 7.54. The highest BCUT2D eigenvalue weighted by atomic mass is 32.2. The molecule has 23 heavy (non-hydrogen) atoms. The van der Waals surface area contributed by atoms with Gasteiger partial charge in [-0.1, -0.05) is 6.07 Å². The normalized spacial score (nSPS) is 14.6. The highest BCUT2D eigenvalue weighted by molar-refractivity contribution is 7.92. The van der Waals surface area contributed by atoms with Gasteiger partial charge in [0.05, 0.1) is 16.1 Å². The van der Waals surface area contributed by atoms with Crippen LogP contribution in [0.3, 0.4) is 0 Å². The fraction of sp³-hybridized carbons (Fsp3) is 0.235. The van der Waals surface area contributed by atoms with Crippen molar-refractivity contribution in [2.45, 2.75) is 30.6 Å². The van der Waals surface area contributed by atoms with Crippen molar-refractivity contribution in [3.63, 3.8) is 0 Å². The van der Waals surface area contributed by atoms with E-state index in [9.17, 15) is 8.42 Å². The van der Waals surface area contributed by atoms with Crippen LogP contribution in [0, 0.1) is 0 Å². The lowest BCUT2D eigenvalue weighted by atomic mass is 9.92. The maximum absolute atomic E-state index is 12.6. The van der Waals surface area contributed by atoms with Crippen LogP contribution >= 0.6 is 0 Å². The monoisotopic (exact) mass is 327 g/mol. The molecule has 0 bridgehead atoms.